The zero-order valence-electron chi connectivity index (χ0n) is 13.5. The number of anilines is 1. The second-order valence-corrected chi connectivity index (χ2v) is 7.37. The lowest BCUT2D eigenvalue weighted by Crippen LogP contribution is -2.50. The molecule has 8 heteroatoms. The number of piperazine rings is 1. The first-order valence-corrected chi connectivity index (χ1v) is 8.35. The smallest absolute Gasteiger partial charge is 0.410 e. The minimum absolute atomic E-state index is 0.257. The fraction of sp³-hybridized carbons (Fsp3) is 0.533. The highest BCUT2D eigenvalue weighted by molar-refractivity contribution is 9.10. The fourth-order valence-electron chi connectivity index (χ4n) is 2.58. The quantitative estimate of drug-likeness (QED) is 0.821. The lowest BCUT2D eigenvalue weighted by atomic mass is 10.2. The maximum atomic E-state index is 12.1. The molecule has 3 rings (SSSR count). The van der Waals surface area contributed by atoms with Gasteiger partial charge in [-0.15, -0.1) is 0 Å². The highest BCUT2D eigenvalue weighted by Crippen LogP contribution is 2.30. The summed E-state index contributed by atoms with van der Waals surface area (Å²) in [6.45, 7) is 8.28. The van der Waals surface area contributed by atoms with Crippen LogP contribution in [0, 0.1) is 0 Å². The fourth-order valence-corrected chi connectivity index (χ4v) is 3.06. The summed E-state index contributed by atoms with van der Waals surface area (Å²) >= 11 is 3.53. The molecule has 1 aliphatic rings. The number of fused-ring (bicyclic) bond motifs is 1. The molecule has 1 amide bonds. The van der Waals surface area contributed by atoms with E-state index in [1.54, 1.807) is 11.2 Å². The van der Waals surface area contributed by atoms with E-state index in [1.807, 2.05) is 27.0 Å². The molecule has 0 spiro atoms. The average molecular weight is 382 g/mol. The van der Waals surface area contributed by atoms with Crippen LogP contribution in [0.15, 0.2) is 17.0 Å². The van der Waals surface area contributed by atoms with Gasteiger partial charge in [0.2, 0.25) is 0 Å². The van der Waals surface area contributed by atoms with E-state index < -0.39 is 5.60 Å². The summed E-state index contributed by atoms with van der Waals surface area (Å²) < 4.78 is 6.37. The van der Waals surface area contributed by atoms with E-state index in [1.165, 1.54) is 0 Å². The van der Waals surface area contributed by atoms with E-state index in [9.17, 15) is 4.79 Å². The third-order valence-corrected chi connectivity index (χ3v) is 4.26. The Morgan fingerprint density at radius 3 is 2.61 bits per heavy atom. The van der Waals surface area contributed by atoms with Crippen molar-refractivity contribution in [3.05, 3.63) is 17.0 Å². The standard InChI is InChI=1S/C15H20BrN5O2/c1-15(2,3)23-14(22)21-6-4-20(5-7-21)13-11-10(16)8-17-12(11)18-9-19-13/h8-9H,4-7H2,1-3H3,(H,17,18,19). The zero-order chi connectivity index (χ0) is 16.6. The predicted molar refractivity (Wildman–Crippen MR) is 91.6 cm³/mol. The summed E-state index contributed by atoms with van der Waals surface area (Å²) in [5.41, 5.74) is 0.333. The molecule has 1 fully saturated rings. The number of halogens is 1. The highest BCUT2D eigenvalue weighted by Gasteiger charge is 2.27. The largest absolute Gasteiger partial charge is 0.444 e. The Balaban J connectivity index is 1.71. The summed E-state index contributed by atoms with van der Waals surface area (Å²) in [4.78, 5) is 27.8. The lowest BCUT2D eigenvalue weighted by Gasteiger charge is -2.36. The molecular weight excluding hydrogens is 362 g/mol. The maximum Gasteiger partial charge on any atom is 0.410 e. The van der Waals surface area contributed by atoms with Crippen molar-refractivity contribution in [3.63, 3.8) is 0 Å². The summed E-state index contributed by atoms with van der Waals surface area (Å²) in [6.07, 6.45) is 3.16. The molecule has 0 aliphatic carbocycles. The summed E-state index contributed by atoms with van der Waals surface area (Å²) in [7, 11) is 0. The first-order chi connectivity index (χ1) is 10.8. The Morgan fingerprint density at radius 2 is 1.96 bits per heavy atom. The number of carbonyl (C=O) groups excluding carboxylic acids is 1. The predicted octanol–water partition coefficient (Wildman–Crippen LogP) is 2.78. The molecule has 0 saturated carbocycles. The van der Waals surface area contributed by atoms with Gasteiger partial charge in [-0.3, -0.25) is 0 Å². The van der Waals surface area contributed by atoms with Crippen LogP contribution in [0.4, 0.5) is 10.6 Å². The van der Waals surface area contributed by atoms with Gasteiger partial charge in [0.05, 0.1) is 5.39 Å². The monoisotopic (exact) mass is 381 g/mol. The molecule has 7 nitrogen and oxygen atoms in total. The molecule has 0 aromatic carbocycles. The van der Waals surface area contributed by atoms with E-state index in [4.69, 9.17) is 4.74 Å². The maximum absolute atomic E-state index is 12.1. The Hall–Kier alpha value is -1.83. The number of hydrogen-bond acceptors (Lipinski definition) is 5. The molecule has 3 heterocycles. The van der Waals surface area contributed by atoms with Gasteiger partial charge < -0.3 is 19.5 Å². The molecule has 23 heavy (non-hydrogen) atoms. The zero-order valence-corrected chi connectivity index (χ0v) is 15.1. The first kappa shape index (κ1) is 16.0. The molecule has 1 saturated heterocycles. The summed E-state index contributed by atoms with van der Waals surface area (Å²) in [5.74, 6) is 0.881. The Bertz CT molecular complexity index is 716. The molecule has 0 radical (unpaired) electrons. The SMILES string of the molecule is CC(C)(C)OC(=O)N1CCN(c2ncnc3[nH]cc(Br)c23)CC1. The van der Waals surface area contributed by atoms with Crippen molar-refractivity contribution in [3.8, 4) is 0 Å². The van der Waals surface area contributed by atoms with Crippen LogP contribution in [0.1, 0.15) is 20.8 Å². The van der Waals surface area contributed by atoms with Crippen LogP contribution in [0.2, 0.25) is 0 Å². The van der Waals surface area contributed by atoms with E-state index in [-0.39, 0.29) is 6.09 Å². The minimum atomic E-state index is -0.469. The van der Waals surface area contributed by atoms with Crippen molar-refractivity contribution in [2.75, 3.05) is 31.1 Å². The number of nitrogens with one attached hydrogen (secondary N) is 1. The van der Waals surface area contributed by atoms with Crippen LogP contribution in [0.25, 0.3) is 11.0 Å². The van der Waals surface area contributed by atoms with E-state index in [2.05, 4.69) is 35.8 Å². The minimum Gasteiger partial charge on any atom is -0.444 e. The lowest BCUT2D eigenvalue weighted by molar-refractivity contribution is 0.0240. The number of amides is 1. The van der Waals surface area contributed by atoms with Gasteiger partial charge in [0.25, 0.3) is 0 Å². The summed E-state index contributed by atoms with van der Waals surface area (Å²) in [5, 5.41) is 0.971. The van der Waals surface area contributed by atoms with Crippen LogP contribution in [-0.4, -0.2) is 57.7 Å². The summed E-state index contributed by atoms with van der Waals surface area (Å²) in [6, 6.07) is 0. The number of H-pyrrole nitrogens is 1. The number of carbonyl (C=O) groups is 1. The Labute approximate surface area is 143 Å². The molecule has 0 unspecified atom stereocenters. The third kappa shape index (κ3) is 3.41. The van der Waals surface area contributed by atoms with Crippen molar-refractivity contribution in [2.45, 2.75) is 26.4 Å². The Kier molecular flexibility index (Phi) is 4.18. The second kappa shape index (κ2) is 5.99. The van der Waals surface area contributed by atoms with Crippen molar-refractivity contribution in [1.82, 2.24) is 19.9 Å². The number of ether oxygens (including phenoxy) is 1. The van der Waals surface area contributed by atoms with Gasteiger partial charge in [-0.25, -0.2) is 14.8 Å². The van der Waals surface area contributed by atoms with Gasteiger partial charge in [-0.05, 0) is 36.7 Å². The topological polar surface area (TPSA) is 74.3 Å². The normalized spacial score (nSPS) is 16.0. The number of aromatic nitrogens is 3. The van der Waals surface area contributed by atoms with Crippen molar-refractivity contribution >= 4 is 38.9 Å². The molecule has 1 N–H and O–H groups in total. The van der Waals surface area contributed by atoms with Gasteiger partial charge in [0, 0.05) is 36.8 Å². The van der Waals surface area contributed by atoms with Gasteiger partial charge in [0.1, 0.15) is 23.4 Å². The van der Waals surface area contributed by atoms with E-state index in [0.29, 0.717) is 26.2 Å². The molecule has 1 aliphatic heterocycles. The van der Waals surface area contributed by atoms with Gasteiger partial charge in [-0.1, -0.05) is 0 Å². The van der Waals surface area contributed by atoms with Crippen LogP contribution in [-0.2, 0) is 4.74 Å². The van der Waals surface area contributed by atoms with Gasteiger partial charge >= 0.3 is 6.09 Å². The van der Waals surface area contributed by atoms with Crippen LogP contribution < -0.4 is 4.90 Å². The molecule has 124 valence electrons. The number of nitrogens with zero attached hydrogens (tertiary/aromatic N) is 4. The third-order valence-electron chi connectivity index (χ3n) is 3.63. The molecular formula is C15H20BrN5O2. The second-order valence-electron chi connectivity index (χ2n) is 6.51. The molecule has 2 aromatic heterocycles. The van der Waals surface area contributed by atoms with Crippen LogP contribution >= 0.6 is 15.9 Å². The Morgan fingerprint density at radius 1 is 1.26 bits per heavy atom. The van der Waals surface area contributed by atoms with Gasteiger partial charge in [0.15, 0.2) is 0 Å². The van der Waals surface area contributed by atoms with Crippen LogP contribution in [0.5, 0.6) is 0 Å². The van der Waals surface area contributed by atoms with E-state index in [0.717, 1.165) is 21.3 Å². The number of hydrogen-bond donors (Lipinski definition) is 1. The van der Waals surface area contributed by atoms with Crippen molar-refractivity contribution in [2.24, 2.45) is 0 Å². The average Bonchev–Trinajstić information content (AvgIpc) is 2.87. The molecule has 0 atom stereocenters. The number of rotatable bonds is 1. The van der Waals surface area contributed by atoms with Gasteiger partial charge in [-0.2, -0.15) is 0 Å². The van der Waals surface area contributed by atoms with Crippen LogP contribution in [0.3, 0.4) is 0 Å². The van der Waals surface area contributed by atoms with Crippen molar-refractivity contribution < 1.29 is 9.53 Å². The highest BCUT2D eigenvalue weighted by atomic mass is 79.9. The first-order valence-electron chi connectivity index (χ1n) is 7.55. The van der Waals surface area contributed by atoms with E-state index >= 15 is 0 Å². The molecule has 2 aromatic rings. The number of aromatic amines is 1. The van der Waals surface area contributed by atoms with Crippen molar-refractivity contribution in [1.29, 1.82) is 0 Å². The molecule has 0 bridgehead atoms.